The number of carbonyl (C=O) groups excluding carboxylic acids is 2. The molecule has 32 heavy (non-hydrogen) atoms. The molecule has 0 atom stereocenters. The van der Waals surface area contributed by atoms with Crippen LogP contribution < -0.4 is 24.8 Å². The molecule has 164 valence electrons. The number of fused-ring (bicyclic) bond motifs is 1. The fraction of sp³-hybridized carbons (Fsp3) is 0.130. The highest BCUT2D eigenvalue weighted by Gasteiger charge is 2.18. The van der Waals surface area contributed by atoms with E-state index in [9.17, 15) is 9.59 Å². The number of hydrogen-bond acceptors (Lipinski definition) is 5. The zero-order valence-electron chi connectivity index (χ0n) is 16.7. The van der Waals surface area contributed by atoms with Crippen LogP contribution in [0.3, 0.4) is 0 Å². The first kappa shape index (κ1) is 21.8. The molecule has 0 spiro atoms. The van der Waals surface area contributed by atoms with E-state index in [-0.39, 0.29) is 17.9 Å². The van der Waals surface area contributed by atoms with Crippen molar-refractivity contribution in [1.29, 1.82) is 0 Å². The van der Waals surface area contributed by atoms with Gasteiger partial charge in [0.05, 0.1) is 16.3 Å². The van der Waals surface area contributed by atoms with Crippen LogP contribution in [0.4, 0.5) is 11.4 Å². The van der Waals surface area contributed by atoms with Crippen LogP contribution in [0.1, 0.15) is 10.4 Å². The molecule has 2 N–H and O–H groups in total. The lowest BCUT2D eigenvalue weighted by Crippen LogP contribution is -2.22. The van der Waals surface area contributed by atoms with E-state index in [1.807, 2.05) is 6.07 Å². The fourth-order valence-corrected chi connectivity index (χ4v) is 3.39. The lowest BCUT2D eigenvalue weighted by molar-refractivity contribution is -0.118. The number of amides is 2. The van der Waals surface area contributed by atoms with Gasteiger partial charge < -0.3 is 24.8 Å². The number of anilines is 2. The van der Waals surface area contributed by atoms with E-state index in [0.717, 1.165) is 0 Å². The third kappa shape index (κ3) is 5.25. The Labute approximate surface area is 194 Å². The van der Waals surface area contributed by atoms with Crippen molar-refractivity contribution < 1.29 is 23.8 Å². The average molecular weight is 473 g/mol. The highest BCUT2D eigenvalue weighted by molar-refractivity contribution is 6.34. The van der Waals surface area contributed by atoms with Gasteiger partial charge in [-0.05, 0) is 30.3 Å². The zero-order chi connectivity index (χ0) is 22.5. The van der Waals surface area contributed by atoms with Crippen molar-refractivity contribution in [3.05, 3.63) is 76.3 Å². The van der Waals surface area contributed by atoms with Gasteiger partial charge in [-0.1, -0.05) is 41.4 Å². The van der Waals surface area contributed by atoms with Crippen LogP contribution >= 0.6 is 23.2 Å². The minimum atomic E-state index is -0.465. The minimum absolute atomic E-state index is 0.200. The Bertz CT molecular complexity index is 1150. The summed E-state index contributed by atoms with van der Waals surface area (Å²) in [6.45, 7) is 0.498. The molecule has 9 heteroatoms. The molecule has 4 rings (SSSR count). The summed E-state index contributed by atoms with van der Waals surface area (Å²) in [5, 5.41) is 6.11. The molecule has 2 amide bonds. The number of hydrogen-bond donors (Lipinski definition) is 2. The summed E-state index contributed by atoms with van der Waals surface area (Å²) < 4.78 is 16.6. The van der Waals surface area contributed by atoms with Crippen molar-refractivity contribution in [2.45, 2.75) is 0 Å². The SMILES string of the molecule is O=C(COc1ccc(Cl)cc1C(=O)Nc1ccccc1)Nc1cc2c(cc1Cl)OCCO2. The van der Waals surface area contributed by atoms with E-state index in [2.05, 4.69) is 10.6 Å². The Morgan fingerprint density at radius 3 is 2.38 bits per heavy atom. The van der Waals surface area contributed by atoms with E-state index >= 15 is 0 Å². The minimum Gasteiger partial charge on any atom is -0.486 e. The number of rotatable bonds is 6. The molecule has 3 aromatic carbocycles. The Hall–Kier alpha value is -3.42. The molecular weight excluding hydrogens is 455 g/mol. The summed E-state index contributed by atoms with van der Waals surface area (Å²) in [5.41, 5.74) is 1.18. The second kappa shape index (κ2) is 9.80. The summed E-state index contributed by atoms with van der Waals surface area (Å²) >= 11 is 12.3. The van der Waals surface area contributed by atoms with Crippen LogP contribution in [0.2, 0.25) is 10.0 Å². The van der Waals surface area contributed by atoms with Gasteiger partial charge >= 0.3 is 0 Å². The number of nitrogens with one attached hydrogen (secondary N) is 2. The molecular formula is C23H18Cl2N2O5. The molecule has 3 aromatic rings. The van der Waals surface area contributed by atoms with E-state index < -0.39 is 11.8 Å². The Morgan fingerprint density at radius 1 is 0.906 bits per heavy atom. The molecule has 0 saturated carbocycles. The normalized spacial score (nSPS) is 12.1. The van der Waals surface area contributed by atoms with Gasteiger partial charge in [0.2, 0.25) is 0 Å². The third-order valence-electron chi connectivity index (χ3n) is 4.48. The zero-order valence-corrected chi connectivity index (χ0v) is 18.2. The molecule has 0 aliphatic carbocycles. The summed E-state index contributed by atoms with van der Waals surface area (Å²) in [6, 6.07) is 16.7. The van der Waals surface area contributed by atoms with Crippen molar-refractivity contribution in [2.75, 3.05) is 30.5 Å². The van der Waals surface area contributed by atoms with Crippen LogP contribution in [-0.2, 0) is 4.79 Å². The third-order valence-corrected chi connectivity index (χ3v) is 5.03. The van der Waals surface area contributed by atoms with E-state index in [4.69, 9.17) is 37.4 Å². The second-order valence-electron chi connectivity index (χ2n) is 6.77. The fourth-order valence-electron chi connectivity index (χ4n) is 3.01. The molecule has 0 aromatic heterocycles. The van der Waals surface area contributed by atoms with Gasteiger partial charge in [0.25, 0.3) is 11.8 Å². The lowest BCUT2D eigenvalue weighted by atomic mass is 10.2. The predicted molar refractivity (Wildman–Crippen MR) is 122 cm³/mol. The van der Waals surface area contributed by atoms with Crippen LogP contribution in [0.25, 0.3) is 0 Å². The summed E-state index contributed by atoms with van der Waals surface area (Å²) in [4.78, 5) is 25.2. The van der Waals surface area contributed by atoms with Crippen molar-refractivity contribution in [2.24, 2.45) is 0 Å². The van der Waals surface area contributed by atoms with Gasteiger partial charge in [-0.2, -0.15) is 0 Å². The van der Waals surface area contributed by atoms with Crippen LogP contribution in [0, 0.1) is 0 Å². The molecule has 0 radical (unpaired) electrons. The maximum Gasteiger partial charge on any atom is 0.262 e. The summed E-state index contributed by atoms with van der Waals surface area (Å²) in [7, 11) is 0. The highest BCUT2D eigenvalue weighted by Crippen LogP contribution is 2.38. The Morgan fingerprint density at radius 2 is 1.62 bits per heavy atom. The highest BCUT2D eigenvalue weighted by atomic mass is 35.5. The molecule has 1 heterocycles. The van der Waals surface area contributed by atoms with Crippen molar-refractivity contribution in [3.8, 4) is 17.2 Å². The number of halogens is 2. The first-order valence-electron chi connectivity index (χ1n) is 9.67. The maximum atomic E-state index is 12.7. The van der Waals surface area contributed by atoms with Crippen LogP contribution in [-0.4, -0.2) is 31.6 Å². The number of para-hydroxylation sites is 1. The van der Waals surface area contributed by atoms with Gasteiger partial charge in [0.15, 0.2) is 18.1 Å². The van der Waals surface area contributed by atoms with Gasteiger partial charge in [0.1, 0.15) is 19.0 Å². The maximum absolute atomic E-state index is 12.7. The van der Waals surface area contributed by atoms with Crippen molar-refractivity contribution in [1.82, 2.24) is 0 Å². The largest absolute Gasteiger partial charge is 0.486 e. The van der Waals surface area contributed by atoms with E-state index in [1.54, 1.807) is 42.5 Å². The molecule has 7 nitrogen and oxygen atoms in total. The molecule has 0 fully saturated rings. The summed E-state index contributed by atoms with van der Waals surface area (Å²) in [6.07, 6.45) is 0. The predicted octanol–water partition coefficient (Wildman–Crippen LogP) is 5.03. The van der Waals surface area contributed by atoms with Gasteiger partial charge in [-0.25, -0.2) is 0 Å². The molecule has 0 bridgehead atoms. The summed E-state index contributed by atoms with van der Waals surface area (Å²) in [5.74, 6) is 0.350. The Balaban J connectivity index is 1.43. The molecule has 1 aliphatic heterocycles. The van der Waals surface area contributed by atoms with Crippen LogP contribution in [0.15, 0.2) is 60.7 Å². The molecule has 0 unspecified atom stereocenters. The topological polar surface area (TPSA) is 85.9 Å². The smallest absolute Gasteiger partial charge is 0.262 e. The first-order chi connectivity index (χ1) is 15.5. The Kier molecular flexibility index (Phi) is 6.68. The van der Waals surface area contributed by atoms with Crippen molar-refractivity contribution in [3.63, 3.8) is 0 Å². The monoisotopic (exact) mass is 472 g/mol. The standard InChI is InChI=1S/C23H18Cl2N2O5/c24-14-6-7-19(16(10-14)23(29)26-15-4-2-1-3-5-15)32-13-22(28)27-18-12-21-20(11-17(18)25)30-8-9-31-21/h1-7,10-12H,8-9,13H2,(H,26,29)(H,27,28). The van der Waals surface area contributed by atoms with E-state index in [1.165, 1.54) is 12.1 Å². The lowest BCUT2D eigenvalue weighted by Gasteiger charge is -2.20. The van der Waals surface area contributed by atoms with E-state index in [0.29, 0.717) is 46.1 Å². The second-order valence-corrected chi connectivity index (χ2v) is 7.62. The average Bonchev–Trinajstić information content (AvgIpc) is 2.79. The van der Waals surface area contributed by atoms with Gasteiger partial charge in [0, 0.05) is 22.8 Å². The van der Waals surface area contributed by atoms with Gasteiger partial charge in [-0.3, -0.25) is 9.59 Å². The number of carbonyl (C=O) groups is 2. The van der Waals surface area contributed by atoms with Crippen molar-refractivity contribution >= 4 is 46.4 Å². The van der Waals surface area contributed by atoms with Crippen LogP contribution in [0.5, 0.6) is 17.2 Å². The number of benzene rings is 3. The van der Waals surface area contributed by atoms with Gasteiger partial charge in [-0.15, -0.1) is 0 Å². The number of ether oxygens (including phenoxy) is 3. The first-order valence-corrected chi connectivity index (χ1v) is 10.4. The quantitative estimate of drug-likeness (QED) is 0.525. The molecule has 0 saturated heterocycles. The molecule has 1 aliphatic rings.